The van der Waals surface area contributed by atoms with E-state index < -0.39 is 12.0 Å². The normalized spacial score (nSPS) is 14.1. The predicted molar refractivity (Wildman–Crippen MR) is 65.6 cm³/mol. The smallest absolute Gasteiger partial charge is 0.326 e. The Bertz CT molecular complexity index is 452. The molecular weight excluding hydrogens is 242 g/mol. The molecule has 0 unspecified atom stereocenters. The third kappa shape index (κ3) is 2.62. The van der Waals surface area contributed by atoms with Crippen molar-refractivity contribution in [3.8, 4) is 0 Å². The van der Waals surface area contributed by atoms with Crippen LogP contribution in [-0.2, 0) is 16.0 Å². The molecule has 4 N–H and O–H groups in total. The van der Waals surface area contributed by atoms with Gasteiger partial charge in [-0.25, -0.2) is 4.79 Å². The van der Waals surface area contributed by atoms with Gasteiger partial charge in [-0.05, 0) is 17.7 Å². The highest BCUT2D eigenvalue weighted by atomic mass is 32.2. The van der Waals surface area contributed by atoms with Crippen LogP contribution >= 0.6 is 12.1 Å². The maximum Gasteiger partial charge on any atom is 0.326 e. The first-order valence-corrected chi connectivity index (χ1v) is 5.75. The maximum absolute atomic E-state index is 10.9. The van der Waals surface area contributed by atoms with Gasteiger partial charge in [-0.3, -0.25) is 4.79 Å². The minimum atomic E-state index is -1.04. The summed E-state index contributed by atoms with van der Waals surface area (Å²) in [4.78, 5) is 21.2. The molecule has 2 rings (SSSR count). The van der Waals surface area contributed by atoms with Crippen LogP contribution in [0.4, 0.5) is 11.4 Å². The van der Waals surface area contributed by atoms with Crippen molar-refractivity contribution in [3.05, 3.63) is 23.8 Å². The molecular formula is C10H11N3O3S. The number of carboxylic acid groups (broad SMARTS) is 1. The van der Waals surface area contributed by atoms with Crippen molar-refractivity contribution in [2.45, 2.75) is 12.5 Å². The fourth-order valence-corrected chi connectivity index (χ4v) is 2.18. The molecule has 7 heteroatoms. The summed E-state index contributed by atoms with van der Waals surface area (Å²) in [6, 6.07) is 4.68. The van der Waals surface area contributed by atoms with Crippen LogP contribution in [0.5, 0.6) is 0 Å². The Morgan fingerprint density at radius 2 is 2.24 bits per heavy atom. The number of fused-ring (bicyclic) bond motifs is 1. The van der Waals surface area contributed by atoms with Gasteiger partial charge >= 0.3 is 5.97 Å². The number of hydrogen-bond acceptors (Lipinski definition) is 5. The molecule has 1 aliphatic heterocycles. The molecule has 90 valence electrons. The van der Waals surface area contributed by atoms with Crippen molar-refractivity contribution in [3.63, 3.8) is 0 Å². The lowest BCUT2D eigenvalue weighted by molar-refractivity contribution is -0.140. The topological polar surface area (TPSA) is 90.5 Å². The second-order valence-corrected chi connectivity index (χ2v) is 4.18. The van der Waals surface area contributed by atoms with E-state index in [9.17, 15) is 9.59 Å². The fraction of sp³-hybridized carbons (Fsp3) is 0.200. The van der Waals surface area contributed by atoms with Gasteiger partial charge in [0.1, 0.15) is 6.04 Å². The first-order valence-electron chi connectivity index (χ1n) is 4.94. The maximum atomic E-state index is 10.9. The number of carbonyl (C=O) groups is 2. The van der Waals surface area contributed by atoms with Gasteiger partial charge in [0.25, 0.3) is 0 Å². The van der Waals surface area contributed by atoms with E-state index in [-0.39, 0.29) is 6.42 Å². The van der Waals surface area contributed by atoms with Crippen LogP contribution < -0.4 is 14.8 Å². The third-order valence-electron chi connectivity index (χ3n) is 2.41. The van der Waals surface area contributed by atoms with Crippen LogP contribution in [0, 0.1) is 0 Å². The Morgan fingerprint density at radius 3 is 2.94 bits per heavy atom. The minimum Gasteiger partial charge on any atom is -0.480 e. The molecule has 1 aromatic rings. The van der Waals surface area contributed by atoms with Crippen molar-refractivity contribution in [1.82, 2.24) is 5.32 Å². The quantitative estimate of drug-likeness (QED) is 0.459. The number of aliphatic carboxylic acids is 1. The molecule has 0 spiro atoms. The summed E-state index contributed by atoms with van der Waals surface area (Å²) in [6.45, 7) is 0. The largest absolute Gasteiger partial charge is 0.480 e. The van der Waals surface area contributed by atoms with Gasteiger partial charge in [-0.2, -0.15) is 0 Å². The van der Waals surface area contributed by atoms with E-state index in [0.717, 1.165) is 16.9 Å². The Kier molecular flexibility index (Phi) is 3.38. The Morgan fingerprint density at radius 1 is 1.47 bits per heavy atom. The van der Waals surface area contributed by atoms with E-state index in [1.807, 2.05) is 18.2 Å². The fourth-order valence-electron chi connectivity index (χ4n) is 1.56. The second-order valence-electron chi connectivity index (χ2n) is 3.57. The number of carboxylic acids is 1. The van der Waals surface area contributed by atoms with Crippen LogP contribution in [0.25, 0.3) is 0 Å². The van der Waals surface area contributed by atoms with Gasteiger partial charge in [0.05, 0.1) is 23.5 Å². The zero-order chi connectivity index (χ0) is 12.3. The summed E-state index contributed by atoms with van der Waals surface area (Å²) in [6.07, 6.45) is 0.662. The van der Waals surface area contributed by atoms with E-state index in [1.165, 1.54) is 12.1 Å². The van der Waals surface area contributed by atoms with Gasteiger partial charge in [0.15, 0.2) is 0 Å². The molecule has 1 aromatic carbocycles. The number of benzene rings is 1. The summed E-state index contributed by atoms with van der Waals surface area (Å²) in [7, 11) is 0. The van der Waals surface area contributed by atoms with E-state index in [0.29, 0.717) is 6.41 Å². The molecule has 1 aliphatic rings. The molecule has 0 saturated carbocycles. The summed E-state index contributed by atoms with van der Waals surface area (Å²) >= 11 is 1.36. The zero-order valence-corrected chi connectivity index (χ0v) is 9.58. The lowest BCUT2D eigenvalue weighted by atomic mass is 10.0. The number of nitrogens with one attached hydrogen (secondary N) is 3. The lowest BCUT2D eigenvalue weighted by Gasteiger charge is -2.11. The van der Waals surface area contributed by atoms with Crippen LogP contribution in [0.2, 0.25) is 0 Å². The van der Waals surface area contributed by atoms with Crippen molar-refractivity contribution in [2.75, 3.05) is 9.44 Å². The number of hydrogen-bond donors (Lipinski definition) is 4. The first kappa shape index (κ1) is 11.6. The molecule has 0 radical (unpaired) electrons. The highest BCUT2D eigenvalue weighted by molar-refractivity contribution is 8.02. The molecule has 0 aromatic heterocycles. The van der Waals surface area contributed by atoms with Crippen LogP contribution in [-0.4, -0.2) is 23.5 Å². The van der Waals surface area contributed by atoms with Crippen molar-refractivity contribution < 1.29 is 14.7 Å². The SMILES string of the molecule is O=CN[C@@H](Cc1ccc2c(c1)NSN2)C(=O)O. The van der Waals surface area contributed by atoms with Crippen molar-refractivity contribution in [2.24, 2.45) is 0 Å². The number of carbonyl (C=O) groups excluding carboxylic acids is 1. The van der Waals surface area contributed by atoms with Crippen molar-refractivity contribution >= 4 is 35.9 Å². The number of anilines is 2. The highest BCUT2D eigenvalue weighted by Gasteiger charge is 2.18. The van der Waals surface area contributed by atoms with E-state index in [4.69, 9.17) is 5.11 Å². The zero-order valence-electron chi connectivity index (χ0n) is 8.77. The van der Waals surface area contributed by atoms with Gasteiger partial charge in [-0.1, -0.05) is 6.07 Å². The second kappa shape index (κ2) is 4.96. The molecule has 0 aliphatic carbocycles. The summed E-state index contributed by atoms with van der Waals surface area (Å²) in [5, 5.41) is 11.2. The van der Waals surface area contributed by atoms with E-state index in [1.54, 1.807) is 0 Å². The molecule has 1 amide bonds. The number of rotatable bonds is 5. The summed E-state index contributed by atoms with van der Waals surface area (Å²) < 4.78 is 6.09. The minimum absolute atomic E-state index is 0.258. The van der Waals surface area contributed by atoms with Crippen molar-refractivity contribution in [1.29, 1.82) is 0 Å². The third-order valence-corrected chi connectivity index (χ3v) is 3.06. The molecule has 0 fully saturated rings. The van der Waals surface area contributed by atoms with Gasteiger partial charge in [0.2, 0.25) is 6.41 Å². The van der Waals surface area contributed by atoms with E-state index in [2.05, 4.69) is 14.8 Å². The average molecular weight is 253 g/mol. The van der Waals surface area contributed by atoms with Gasteiger partial charge < -0.3 is 19.9 Å². The Balaban J connectivity index is 2.12. The van der Waals surface area contributed by atoms with Crippen LogP contribution in [0.1, 0.15) is 5.56 Å². The number of amides is 1. The van der Waals surface area contributed by atoms with Crippen LogP contribution in [0.3, 0.4) is 0 Å². The molecule has 0 bridgehead atoms. The lowest BCUT2D eigenvalue weighted by Crippen LogP contribution is -2.37. The summed E-state index contributed by atoms with van der Waals surface area (Å²) in [5.41, 5.74) is 2.74. The Labute approximate surface area is 102 Å². The monoisotopic (exact) mass is 253 g/mol. The molecule has 1 atom stereocenters. The molecule has 6 nitrogen and oxygen atoms in total. The Hall–Kier alpha value is -1.89. The molecule has 0 saturated heterocycles. The molecule has 1 heterocycles. The van der Waals surface area contributed by atoms with Crippen LogP contribution in [0.15, 0.2) is 18.2 Å². The standard InChI is InChI=1S/C10H11N3O3S/c14-5-11-9(10(15)16)4-6-1-2-7-8(3-6)13-17-12-7/h1-3,5,9,12-13H,4H2,(H,11,14)(H,15,16)/t9-/m0/s1. The van der Waals surface area contributed by atoms with Gasteiger partial charge in [-0.15, -0.1) is 0 Å². The first-order chi connectivity index (χ1) is 8.20. The summed E-state index contributed by atoms with van der Waals surface area (Å²) in [5.74, 6) is -1.04. The average Bonchev–Trinajstić information content (AvgIpc) is 2.75. The van der Waals surface area contributed by atoms with Gasteiger partial charge in [0, 0.05) is 6.42 Å². The molecule has 17 heavy (non-hydrogen) atoms. The highest BCUT2D eigenvalue weighted by Crippen LogP contribution is 2.33. The predicted octanol–water partition coefficient (Wildman–Crippen LogP) is 0.829. The van der Waals surface area contributed by atoms with E-state index >= 15 is 0 Å².